The molecule has 1 atom stereocenters. The zero-order valence-corrected chi connectivity index (χ0v) is 24.9. The fraction of sp³-hybridized carbons (Fsp3) is 0.182. The quantitative estimate of drug-likeness (QED) is 0.233. The number of para-hydroxylation sites is 1. The van der Waals surface area contributed by atoms with Crippen LogP contribution < -0.4 is 19.6 Å². The van der Waals surface area contributed by atoms with Crippen molar-refractivity contribution < 1.29 is 14.3 Å². The van der Waals surface area contributed by atoms with Gasteiger partial charge in [-0.05, 0) is 61.4 Å². The van der Waals surface area contributed by atoms with E-state index in [-0.39, 0.29) is 12.2 Å². The molecule has 0 amide bonds. The highest BCUT2D eigenvalue weighted by atomic mass is 35.5. The number of hydrogen-bond donors (Lipinski definition) is 0. The third-order valence-electron chi connectivity index (χ3n) is 7.36. The topological polar surface area (TPSA) is 74.8 Å². The van der Waals surface area contributed by atoms with E-state index < -0.39 is 12.0 Å². The Morgan fingerprint density at radius 3 is 2.55 bits per heavy atom. The highest BCUT2D eigenvalue weighted by molar-refractivity contribution is 7.07. The minimum atomic E-state index is -0.692. The molecule has 2 aromatic heterocycles. The molecule has 0 N–H and O–H groups in total. The number of thiazole rings is 1. The first-order valence-corrected chi connectivity index (χ1v) is 14.7. The molecule has 5 aromatic rings. The van der Waals surface area contributed by atoms with Gasteiger partial charge in [0, 0.05) is 28.2 Å². The molecule has 212 valence electrons. The van der Waals surface area contributed by atoms with Crippen molar-refractivity contribution in [2.75, 3.05) is 13.7 Å². The van der Waals surface area contributed by atoms with Gasteiger partial charge in [0.15, 0.2) is 4.80 Å². The van der Waals surface area contributed by atoms with Gasteiger partial charge in [-0.15, -0.1) is 0 Å². The van der Waals surface area contributed by atoms with Crippen LogP contribution in [-0.2, 0) is 16.1 Å². The first-order valence-electron chi connectivity index (χ1n) is 13.5. The predicted molar refractivity (Wildman–Crippen MR) is 166 cm³/mol. The lowest BCUT2D eigenvalue weighted by molar-refractivity contribution is -0.139. The molecule has 0 fully saturated rings. The Hall–Kier alpha value is -4.40. The summed E-state index contributed by atoms with van der Waals surface area (Å²) >= 11 is 7.83. The monoisotopic (exact) mass is 597 g/mol. The first-order chi connectivity index (χ1) is 20.4. The number of carbonyl (C=O) groups is 1. The second kappa shape index (κ2) is 11.5. The number of aromatic nitrogens is 2. The molecule has 3 heterocycles. The fourth-order valence-corrected chi connectivity index (χ4v) is 6.58. The minimum absolute atomic E-state index is 0.214. The van der Waals surface area contributed by atoms with E-state index in [2.05, 4.69) is 22.8 Å². The van der Waals surface area contributed by atoms with E-state index in [0.717, 1.165) is 27.7 Å². The number of benzene rings is 3. The molecule has 0 bridgehead atoms. The highest BCUT2D eigenvalue weighted by Gasteiger charge is 2.33. The number of esters is 1. The van der Waals surface area contributed by atoms with E-state index in [1.807, 2.05) is 66.7 Å². The number of hydrogen-bond acceptors (Lipinski definition) is 6. The van der Waals surface area contributed by atoms with Gasteiger partial charge in [-0.2, -0.15) is 0 Å². The van der Waals surface area contributed by atoms with Crippen LogP contribution in [0.4, 0.5) is 0 Å². The molecule has 0 unspecified atom stereocenters. The summed E-state index contributed by atoms with van der Waals surface area (Å²) in [7, 11) is 1.59. The second-order valence-corrected chi connectivity index (χ2v) is 11.3. The maximum atomic E-state index is 14.1. The van der Waals surface area contributed by atoms with E-state index >= 15 is 0 Å². The third-order valence-corrected chi connectivity index (χ3v) is 8.71. The summed E-state index contributed by atoms with van der Waals surface area (Å²) in [5, 5.41) is 1.74. The van der Waals surface area contributed by atoms with Crippen molar-refractivity contribution in [3.63, 3.8) is 0 Å². The van der Waals surface area contributed by atoms with Crippen LogP contribution >= 0.6 is 22.9 Å². The first kappa shape index (κ1) is 27.8. The van der Waals surface area contributed by atoms with Crippen LogP contribution in [0.25, 0.3) is 17.0 Å². The average molecular weight is 598 g/mol. The van der Waals surface area contributed by atoms with Crippen molar-refractivity contribution in [2.24, 2.45) is 4.99 Å². The van der Waals surface area contributed by atoms with Gasteiger partial charge in [-0.3, -0.25) is 9.36 Å². The minimum Gasteiger partial charge on any atom is -0.497 e. The van der Waals surface area contributed by atoms with Crippen molar-refractivity contribution in [3.8, 4) is 5.75 Å². The molecule has 0 spiro atoms. The molecular weight excluding hydrogens is 570 g/mol. The van der Waals surface area contributed by atoms with Crippen LogP contribution in [0.2, 0.25) is 5.02 Å². The maximum Gasteiger partial charge on any atom is 0.338 e. The number of methoxy groups -OCH3 is 1. The Balaban J connectivity index is 1.54. The number of rotatable bonds is 7. The summed E-state index contributed by atoms with van der Waals surface area (Å²) in [4.78, 5) is 32.5. The van der Waals surface area contributed by atoms with E-state index in [9.17, 15) is 9.59 Å². The lowest BCUT2D eigenvalue weighted by atomic mass is 9.96. The van der Waals surface area contributed by atoms with Gasteiger partial charge in [0.2, 0.25) is 0 Å². The second-order valence-electron chi connectivity index (χ2n) is 9.88. The molecule has 0 saturated heterocycles. The molecule has 0 saturated carbocycles. The summed E-state index contributed by atoms with van der Waals surface area (Å²) in [5.74, 6) is 0.185. The molecule has 42 heavy (non-hydrogen) atoms. The van der Waals surface area contributed by atoms with Gasteiger partial charge in [0.25, 0.3) is 5.56 Å². The van der Waals surface area contributed by atoms with Crippen molar-refractivity contribution in [2.45, 2.75) is 26.4 Å². The Morgan fingerprint density at radius 1 is 1.07 bits per heavy atom. The van der Waals surface area contributed by atoms with Crippen LogP contribution in [0, 0.1) is 0 Å². The van der Waals surface area contributed by atoms with Crippen molar-refractivity contribution in [1.82, 2.24) is 9.13 Å². The van der Waals surface area contributed by atoms with E-state index in [1.165, 1.54) is 11.3 Å². The molecule has 0 radical (unpaired) electrons. The summed E-state index contributed by atoms with van der Waals surface area (Å²) < 4.78 is 15.0. The van der Waals surface area contributed by atoms with Crippen molar-refractivity contribution in [3.05, 3.63) is 132 Å². The number of halogens is 1. The summed E-state index contributed by atoms with van der Waals surface area (Å²) in [6.45, 7) is 4.29. The standard InChI is InChI=1S/C33H28ClN3O4S/c1-4-41-32(39)29-20(2)35-33-37(30(29)21-13-15-25(40-3)16-14-21)31(38)28(42-33)18-24-17-22-9-6-8-12-27(22)36(24)19-23-10-5-7-11-26(23)34/h5-18,30H,4,19H2,1-3H3/t30-/m1/s1. The Bertz CT molecular complexity index is 2040. The Labute approximate surface area is 251 Å². The molecule has 1 aliphatic rings. The molecule has 9 heteroatoms. The van der Waals surface area contributed by atoms with Crippen molar-refractivity contribution >= 4 is 45.9 Å². The van der Waals surface area contributed by atoms with Gasteiger partial charge in [-0.25, -0.2) is 9.79 Å². The highest BCUT2D eigenvalue weighted by Crippen LogP contribution is 2.32. The largest absolute Gasteiger partial charge is 0.497 e. The molecule has 1 aliphatic heterocycles. The van der Waals surface area contributed by atoms with E-state index in [4.69, 9.17) is 26.1 Å². The molecule has 3 aromatic carbocycles. The smallest absolute Gasteiger partial charge is 0.338 e. The molecule has 6 rings (SSSR count). The normalized spacial score (nSPS) is 15.0. The number of nitrogens with zero attached hydrogens (tertiary/aromatic N) is 3. The van der Waals surface area contributed by atoms with Crippen LogP contribution in [-0.4, -0.2) is 28.8 Å². The van der Waals surface area contributed by atoms with Crippen LogP contribution in [0.3, 0.4) is 0 Å². The molecular formula is C33H28ClN3O4S. The van der Waals surface area contributed by atoms with Crippen LogP contribution in [0.15, 0.2) is 99.9 Å². The van der Waals surface area contributed by atoms with Crippen LogP contribution in [0.5, 0.6) is 5.75 Å². The molecule has 7 nitrogen and oxygen atoms in total. The lowest BCUT2D eigenvalue weighted by Gasteiger charge is -2.24. The zero-order chi connectivity index (χ0) is 29.4. The van der Waals surface area contributed by atoms with Crippen LogP contribution in [0.1, 0.15) is 36.7 Å². The Kier molecular flexibility index (Phi) is 7.58. The number of carbonyl (C=O) groups excluding carboxylic acids is 1. The number of allylic oxidation sites excluding steroid dienone is 1. The average Bonchev–Trinajstić information content (AvgIpc) is 3.49. The predicted octanol–water partition coefficient (Wildman–Crippen LogP) is 5.46. The van der Waals surface area contributed by atoms with E-state index in [1.54, 1.807) is 25.5 Å². The van der Waals surface area contributed by atoms with Gasteiger partial charge in [-0.1, -0.05) is 71.5 Å². The maximum absolute atomic E-state index is 14.1. The number of ether oxygens (including phenoxy) is 2. The SMILES string of the molecule is CCOC(=O)C1=C(C)N=c2sc(=Cc3cc4ccccc4n3Cc3ccccc3Cl)c(=O)n2[C@@H]1c1ccc(OC)cc1. The van der Waals surface area contributed by atoms with Gasteiger partial charge in [0.1, 0.15) is 5.75 Å². The fourth-order valence-electron chi connectivity index (χ4n) is 5.35. The van der Waals surface area contributed by atoms with Gasteiger partial charge < -0.3 is 14.0 Å². The third kappa shape index (κ3) is 4.97. The Morgan fingerprint density at radius 2 is 1.81 bits per heavy atom. The summed E-state index contributed by atoms with van der Waals surface area (Å²) in [6, 6.07) is 24.6. The summed E-state index contributed by atoms with van der Waals surface area (Å²) in [6.07, 6.45) is 1.90. The zero-order valence-electron chi connectivity index (χ0n) is 23.3. The van der Waals surface area contributed by atoms with Crippen molar-refractivity contribution in [1.29, 1.82) is 0 Å². The number of fused-ring (bicyclic) bond motifs is 2. The summed E-state index contributed by atoms with van der Waals surface area (Å²) in [5.41, 5.74) is 4.27. The van der Waals surface area contributed by atoms with Gasteiger partial charge in [0.05, 0.1) is 35.6 Å². The lowest BCUT2D eigenvalue weighted by Crippen LogP contribution is -2.40. The van der Waals surface area contributed by atoms with E-state index in [0.29, 0.717) is 37.9 Å². The molecule has 0 aliphatic carbocycles. The van der Waals surface area contributed by atoms with Gasteiger partial charge >= 0.3 is 5.97 Å².